The number of nitrogens with one attached hydrogen (secondary N) is 1. The molecule has 1 aromatic rings. The number of nitro groups is 1. The van der Waals surface area contributed by atoms with Crippen molar-refractivity contribution in [3.05, 3.63) is 39.9 Å². The molecule has 0 atom stereocenters. The average molecular weight is 555 g/mol. The maximum Gasteiger partial charge on any atom is 0.274 e. The summed E-state index contributed by atoms with van der Waals surface area (Å²) in [5.41, 5.74) is 0.611. The molecule has 1 aromatic carbocycles. The van der Waals surface area contributed by atoms with Crippen LogP contribution in [0.2, 0.25) is 0 Å². The molecule has 30 heavy (non-hydrogen) atoms. The molecular formula is C18H30IN5O5S. The number of aliphatic imine (C=N–C) groups is 1. The quantitative estimate of drug-likeness (QED) is 0.171. The predicted molar refractivity (Wildman–Crippen MR) is 127 cm³/mol. The fourth-order valence-corrected chi connectivity index (χ4v) is 4.33. The van der Waals surface area contributed by atoms with Gasteiger partial charge in [0.2, 0.25) is 10.0 Å². The van der Waals surface area contributed by atoms with Crippen molar-refractivity contribution in [2.45, 2.75) is 26.5 Å². The van der Waals surface area contributed by atoms with Gasteiger partial charge in [-0.1, -0.05) is 18.2 Å². The van der Waals surface area contributed by atoms with Crippen molar-refractivity contribution in [1.82, 2.24) is 14.5 Å². The SMILES string of the molecule is CN=C(NCc1ccccc1[N+](=O)[O-])N1CCN(S(=O)(=O)CCOC(C)C)CC1.I. The van der Waals surface area contributed by atoms with Gasteiger partial charge >= 0.3 is 0 Å². The van der Waals surface area contributed by atoms with Gasteiger partial charge in [-0.05, 0) is 13.8 Å². The fraction of sp³-hybridized carbons (Fsp3) is 0.611. The second kappa shape index (κ2) is 12.4. The molecule has 0 spiro atoms. The van der Waals surface area contributed by atoms with Gasteiger partial charge in [0.05, 0.1) is 23.4 Å². The molecule has 1 aliphatic rings. The normalized spacial score (nSPS) is 15.7. The van der Waals surface area contributed by atoms with Crippen LogP contribution in [0, 0.1) is 10.1 Å². The largest absolute Gasteiger partial charge is 0.378 e. The van der Waals surface area contributed by atoms with E-state index >= 15 is 0 Å². The van der Waals surface area contributed by atoms with Crippen molar-refractivity contribution in [3.63, 3.8) is 0 Å². The molecule has 1 saturated heterocycles. The molecular weight excluding hydrogens is 525 g/mol. The van der Waals surface area contributed by atoms with E-state index in [1.807, 2.05) is 18.7 Å². The van der Waals surface area contributed by atoms with Gasteiger partial charge in [0.1, 0.15) is 0 Å². The van der Waals surface area contributed by atoms with Crippen molar-refractivity contribution in [2.24, 2.45) is 4.99 Å². The summed E-state index contributed by atoms with van der Waals surface area (Å²) in [6.45, 7) is 5.87. The van der Waals surface area contributed by atoms with Crippen LogP contribution in [0.5, 0.6) is 0 Å². The molecule has 0 amide bonds. The highest BCUT2D eigenvalue weighted by atomic mass is 127. The molecule has 1 heterocycles. The van der Waals surface area contributed by atoms with Gasteiger partial charge in [-0.25, -0.2) is 8.42 Å². The van der Waals surface area contributed by atoms with Crippen molar-refractivity contribution >= 4 is 45.6 Å². The Morgan fingerprint density at radius 1 is 1.27 bits per heavy atom. The lowest BCUT2D eigenvalue weighted by Crippen LogP contribution is -2.54. The summed E-state index contributed by atoms with van der Waals surface area (Å²) >= 11 is 0. The molecule has 1 N–H and O–H groups in total. The van der Waals surface area contributed by atoms with Gasteiger partial charge in [-0.15, -0.1) is 24.0 Å². The molecule has 0 aliphatic carbocycles. The fourth-order valence-electron chi connectivity index (χ4n) is 3.04. The van der Waals surface area contributed by atoms with Crippen LogP contribution in [-0.4, -0.2) is 80.2 Å². The summed E-state index contributed by atoms with van der Waals surface area (Å²) in [6, 6.07) is 6.54. The Labute approximate surface area is 194 Å². The summed E-state index contributed by atoms with van der Waals surface area (Å²) in [5, 5.41) is 14.3. The van der Waals surface area contributed by atoms with Crippen LogP contribution < -0.4 is 5.32 Å². The zero-order chi connectivity index (χ0) is 21.4. The number of nitro benzene ring substituents is 1. The first-order chi connectivity index (χ1) is 13.7. The number of guanidine groups is 1. The van der Waals surface area contributed by atoms with Crippen LogP contribution >= 0.6 is 24.0 Å². The number of hydrogen-bond acceptors (Lipinski definition) is 6. The second-order valence-corrected chi connectivity index (χ2v) is 9.00. The summed E-state index contributed by atoms with van der Waals surface area (Å²) in [7, 11) is -1.73. The van der Waals surface area contributed by atoms with Crippen LogP contribution in [0.15, 0.2) is 29.3 Å². The highest BCUT2D eigenvalue weighted by Crippen LogP contribution is 2.17. The van der Waals surface area contributed by atoms with E-state index in [-0.39, 0.29) is 54.7 Å². The minimum Gasteiger partial charge on any atom is -0.378 e. The molecule has 0 bridgehead atoms. The summed E-state index contributed by atoms with van der Waals surface area (Å²) in [6.07, 6.45) is -0.00288. The minimum atomic E-state index is -3.36. The molecule has 170 valence electrons. The Kier molecular flexibility index (Phi) is 10.9. The number of para-hydroxylation sites is 1. The van der Waals surface area contributed by atoms with Crippen LogP contribution in [0.4, 0.5) is 5.69 Å². The average Bonchev–Trinajstić information content (AvgIpc) is 2.68. The number of benzene rings is 1. The van der Waals surface area contributed by atoms with Crippen LogP contribution in [0.3, 0.4) is 0 Å². The monoisotopic (exact) mass is 555 g/mol. The Morgan fingerprint density at radius 2 is 1.90 bits per heavy atom. The van der Waals surface area contributed by atoms with E-state index < -0.39 is 14.9 Å². The number of halogens is 1. The topological polar surface area (TPSA) is 117 Å². The van der Waals surface area contributed by atoms with E-state index in [0.717, 1.165) is 0 Å². The molecule has 1 fully saturated rings. The maximum absolute atomic E-state index is 12.4. The molecule has 12 heteroatoms. The van der Waals surface area contributed by atoms with Gasteiger partial charge in [0, 0.05) is 51.4 Å². The molecule has 0 aromatic heterocycles. The highest BCUT2D eigenvalue weighted by molar-refractivity contribution is 14.0. The Morgan fingerprint density at radius 3 is 2.47 bits per heavy atom. The molecule has 2 rings (SSSR count). The first-order valence-corrected chi connectivity index (χ1v) is 11.1. The predicted octanol–water partition coefficient (Wildman–Crippen LogP) is 1.66. The first kappa shape index (κ1) is 26.5. The molecule has 10 nitrogen and oxygen atoms in total. The van der Waals surface area contributed by atoms with Gasteiger partial charge in [0.15, 0.2) is 5.96 Å². The third-order valence-corrected chi connectivity index (χ3v) is 6.40. The van der Waals surface area contributed by atoms with E-state index in [1.54, 1.807) is 25.2 Å². The van der Waals surface area contributed by atoms with Crippen molar-refractivity contribution in [3.8, 4) is 0 Å². The zero-order valence-electron chi connectivity index (χ0n) is 17.5. The van der Waals surface area contributed by atoms with Crippen molar-refractivity contribution in [2.75, 3.05) is 45.6 Å². The van der Waals surface area contributed by atoms with Gasteiger partial charge in [0.25, 0.3) is 5.69 Å². The summed E-state index contributed by atoms with van der Waals surface area (Å²) in [4.78, 5) is 16.9. The molecule has 0 radical (unpaired) electrons. The van der Waals surface area contributed by atoms with Gasteiger partial charge in [-0.2, -0.15) is 4.31 Å². The van der Waals surface area contributed by atoms with E-state index in [1.165, 1.54) is 10.4 Å². The Bertz CT molecular complexity index is 826. The lowest BCUT2D eigenvalue weighted by atomic mass is 10.2. The Balaban J connectivity index is 0.00000450. The van der Waals surface area contributed by atoms with E-state index in [9.17, 15) is 18.5 Å². The number of nitrogens with zero attached hydrogens (tertiary/aromatic N) is 4. The summed E-state index contributed by atoms with van der Waals surface area (Å²) in [5.74, 6) is 0.555. The molecule has 0 unspecified atom stereocenters. The van der Waals surface area contributed by atoms with Gasteiger partial charge < -0.3 is 15.0 Å². The minimum absolute atomic E-state index is 0. The zero-order valence-corrected chi connectivity index (χ0v) is 20.6. The standard InChI is InChI=1S/C18H29N5O5S.HI/c1-15(2)28-12-13-29(26,27)22-10-8-21(9-11-22)18(19-3)20-14-16-6-4-5-7-17(16)23(24)25;/h4-7,15H,8-14H2,1-3H3,(H,19,20);1H. The van der Waals surface area contributed by atoms with Gasteiger partial charge in [-0.3, -0.25) is 15.1 Å². The molecule has 1 aliphatic heterocycles. The highest BCUT2D eigenvalue weighted by Gasteiger charge is 2.28. The van der Waals surface area contributed by atoms with Crippen molar-refractivity contribution in [1.29, 1.82) is 0 Å². The molecule has 0 saturated carbocycles. The lowest BCUT2D eigenvalue weighted by molar-refractivity contribution is -0.385. The third-order valence-electron chi connectivity index (χ3n) is 4.56. The number of rotatable bonds is 8. The van der Waals surface area contributed by atoms with Crippen LogP contribution in [0.1, 0.15) is 19.4 Å². The third kappa shape index (κ3) is 7.63. The smallest absolute Gasteiger partial charge is 0.274 e. The number of hydrogen-bond donors (Lipinski definition) is 1. The van der Waals surface area contributed by atoms with E-state index in [4.69, 9.17) is 4.74 Å². The summed E-state index contributed by atoms with van der Waals surface area (Å²) < 4.78 is 31.7. The van der Waals surface area contributed by atoms with Crippen molar-refractivity contribution < 1.29 is 18.1 Å². The Hall–Kier alpha value is -1.51. The first-order valence-electron chi connectivity index (χ1n) is 9.52. The van der Waals surface area contributed by atoms with Crippen LogP contribution in [-0.2, 0) is 21.3 Å². The van der Waals surface area contributed by atoms with E-state index in [2.05, 4.69) is 10.3 Å². The number of piperazine rings is 1. The van der Waals surface area contributed by atoms with Crippen LogP contribution in [0.25, 0.3) is 0 Å². The van der Waals surface area contributed by atoms with E-state index in [0.29, 0.717) is 37.7 Å². The second-order valence-electron chi connectivity index (χ2n) is 6.91. The lowest BCUT2D eigenvalue weighted by Gasteiger charge is -2.35. The number of ether oxygens (including phenoxy) is 1. The number of sulfonamides is 1. The maximum atomic E-state index is 12.4.